The normalized spacial score (nSPS) is 20.4. The Morgan fingerprint density at radius 3 is 2.55 bits per heavy atom. The molecule has 0 spiro atoms. The van der Waals surface area contributed by atoms with Crippen LogP contribution in [0.25, 0.3) is 10.4 Å². The van der Waals surface area contributed by atoms with Crippen molar-refractivity contribution in [3.05, 3.63) is 52.9 Å². The molecule has 2 aromatic heterocycles. The van der Waals surface area contributed by atoms with Crippen molar-refractivity contribution < 1.29 is 24.6 Å². The quantitative estimate of drug-likeness (QED) is 0.251. The average Bonchev–Trinajstić information content (AvgIpc) is 3.76. The number of rotatable bonds is 12. The van der Waals surface area contributed by atoms with Gasteiger partial charge in [0.25, 0.3) is 0 Å². The number of benzene rings is 1. The minimum Gasteiger partial charge on any atom is -0.481 e. The van der Waals surface area contributed by atoms with E-state index in [-0.39, 0.29) is 43.2 Å². The fourth-order valence-corrected chi connectivity index (χ4v) is 7.31. The standard InChI is InChI=1S/C32H42N6O5S/c1-20(22-12-14-24(15-13-22)30-21(2)33-19-44-30)34-31(42)27-16-26(39)18-37(27)32(43)29(23-8-4-3-5-9-23)38-17-25(35-36-38)10-6-7-11-28(40)41/h12-15,17,19-20,23,26-27,29,39H,3-11,16,18H2,1-2H3,(H,34,42)(H,40,41)/t20-,26-,27+,29-/m1/s1. The molecule has 0 radical (unpaired) electrons. The van der Waals surface area contributed by atoms with Gasteiger partial charge in [-0.25, -0.2) is 9.67 Å². The second kappa shape index (κ2) is 14.4. The van der Waals surface area contributed by atoms with E-state index < -0.39 is 24.2 Å². The summed E-state index contributed by atoms with van der Waals surface area (Å²) >= 11 is 1.59. The molecule has 3 aromatic rings. The van der Waals surface area contributed by atoms with Crippen LogP contribution in [0.15, 0.2) is 36.0 Å². The SMILES string of the molecule is Cc1ncsc1-c1ccc([C@@H](C)NC(=O)[C@@H]2C[C@@H](O)CN2C(=O)[C@@H](C2CCCCC2)n2cc(CCCCC(=O)O)nn2)cc1. The first-order valence-electron chi connectivity index (χ1n) is 15.6. The second-order valence-electron chi connectivity index (χ2n) is 12.1. The number of hydrogen-bond acceptors (Lipinski definition) is 8. The number of hydrogen-bond donors (Lipinski definition) is 3. The van der Waals surface area contributed by atoms with Gasteiger partial charge in [0.2, 0.25) is 11.8 Å². The lowest BCUT2D eigenvalue weighted by Gasteiger charge is -2.34. The molecule has 1 aliphatic heterocycles. The van der Waals surface area contributed by atoms with E-state index in [1.54, 1.807) is 22.2 Å². The van der Waals surface area contributed by atoms with Crippen LogP contribution >= 0.6 is 11.3 Å². The molecule has 4 atom stereocenters. The molecule has 5 rings (SSSR count). The molecule has 2 fully saturated rings. The predicted octanol–water partition coefficient (Wildman–Crippen LogP) is 4.47. The number of carboxylic acids is 1. The molecule has 1 aromatic carbocycles. The first-order chi connectivity index (χ1) is 21.2. The van der Waals surface area contributed by atoms with Gasteiger partial charge in [0.15, 0.2) is 0 Å². The molecule has 1 saturated carbocycles. The van der Waals surface area contributed by atoms with Gasteiger partial charge in [-0.05, 0) is 63.0 Å². The van der Waals surface area contributed by atoms with Gasteiger partial charge in [0, 0.05) is 25.6 Å². The van der Waals surface area contributed by atoms with Gasteiger partial charge in [0.05, 0.1) is 33.9 Å². The smallest absolute Gasteiger partial charge is 0.303 e. The van der Waals surface area contributed by atoms with Crippen LogP contribution in [0.1, 0.15) is 93.7 Å². The number of aromatic nitrogens is 4. The van der Waals surface area contributed by atoms with Gasteiger partial charge >= 0.3 is 5.97 Å². The largest absolute Gasteiger partial charge is 0.481 e. The topological polar surface area (TPSA) is 151 Å². The van der Waals surface area contributed by atoms with E-state index in [0.717, 1.165) is 53.8 Å². The molecule has 2 aliphatic rings. The molecule has 3 N–H and O–H groups in total. The van der Waals surface area contributed by atoms with Gasteiger partial charge in [0.1, 0.15) is 12.1 Å². The van der Waals surface area contributed by atoms with E-state index >= 15 is 0 Å². The molecule has 12 heteroatoms. The van der Waals surface area contributed by atoms with Crippen LogP contribution in [-0.4, -0.2) is 71.6 Å². The summed E-state index contributed by atoms with van der Waals surface area (Å²) in [6.45, 7) is 3.99. The summed E-state index contributed by atoms with van der Waals surface area (Å²) in [5, 5.41) is 31.3. The molecule has 0 bridgehead atoms. The number of amides is 2. The third kappa shape index (κ3) is 7.52. The van der Waals surface area contributed by atoms with Crippen LogP contribution in [0.5, 0.6) is 0 Å². The van der Waals surface area contributed by atoms with Crippen molar-refractivity contribution in [1.82, 2.24) is 30.2 Å². The summed E-state index contributed by atoms with van der Waals surface area (Å²) in [6, 6.07) is 6.36. The Kier molecular flexibility index (Phi) is 10.4. The molecule has 11 nitrogen and oxygen atoms in total. The summed E-state index contributed by atoms with van der Waals surface area (Å²) in [4.78, 5) is 45.7. The van der Waals surface area contributed by atoms with E-state index in [2.05, 4.69) is 20.6 Å². The maximum atomic E-state index is 14.3. The van der Waals surface area contributed by atoms with E-state index in [1.165, 1.54) is 4.90 Å². The van der Waals surface area contributed by atoms with Crippen molar-refractivity contribution in [2.45, 2.75) is 102 Å². The van der Waals surface area contributed by atoms with Gasteiger partial charge in [-0.15, -0.1) is 16.4 Å². The highest BCUT2D eigenvalue weighted by atomic mass is 32.1. The summed E-state index contributed by atoms with van der Waals surface area (Å²) in [7, 11) is 0. The highest BCUT2D eigenvalue weighted by molar-refractivity contribution is 7.13. The first kappa shape index (κ1) is 31.8. The van der Waals surface area contributed by atoms with Crippen LogP contribution in [0.4, 0.5) is 0 Å². The van der Waals surface area contributed by atoms with Crippen molar-refractivity contribution in [3.63, 3.8) is 0 Å². The molecule has 0 unspecified atom stereocenters. The third-order valence-electron chi connectivity index (χ3n) is 8.91. The number of thiazole rings is 1. The van der Waals surface area contributed by atoms with Crippen LogP contribution in [0.3, 0.4) is 0 Å². The molecule has 3 heterocycles. The first-order valence-corrected chi connectivity index (χ1v) is 16.5. The predicted molar refractivity (Wildman–Crippen MR) is 166 cm³/mol. The van der Waals surface area contributed by atoms with Crippen LogP contribution in [0, 0.1) is 12.8 Å². The molecule has 1 aliphatic carbocycles. The van der Waals surface area contributed by atoms with E-state index in [4.69, 9.17) is 5.11 Å². The number of aliphatic hydroxyl groups excluding tert-OH is 1. The molecule has 44 heavy (non-hydrogen) atoms. The number of carbonyl (C=O) groups is 3. The Morgan fingerprint density at radius 1 is 1.11 bits per heavy atom. The van der Waals surface area contributed by atoms with Gasteiger partial charge in [-0.2, -0.15) is 0 Å². The number of unbranched alkanes of at least 4 members (excludes halogenated alkanes) is 1. The lowest BCUT2D eigenvalue weighted by Crippen LogP contribution is -2.50. The second-order valence-corrected chi connectivity index (χ2v) is 13.0. The number of nitrogens with zero attached hydrogens (tertiary/aromatic N) is 5. The minimum absolute atomic E-state index is 0.0545. The van der Waals surface area contributed by atoms with Crippen molar-refractivity contribution in [1.29, 1.82) is 0 Å². The third-order valence-corrected chi connectivity index (χ3v) is 9.89. The Balaban J connectivity index is 1.29. The number of aliphatic carboxylic acids is 1. The molecular weight excluding hydrogens is 580 g/mol. The minimum atomic E-state index is -0.822. The van der Waals surface area contributed by atoms with E-state index in [1.807, 2.05) is 43.6 Å². The highest BCUT2D eigenvalue weighted by Crippen LogP contribution is 2.36. The van der Waals surface area contributed by atoms with E-state index in [9.17, 15) is 19.5 Å². The number of aryl methyl sites for hydroxylation is 2. The number of aliphatic hydroxyl groups is 1. The summed E-state index contributed by atoms with van der Waals surface area (Å²) in [5.74, 6) is -1.27. The maximum Gasteiger partial charge on any atom is 0.303 e. The Hall–Kier alpha value is -3.64. The number of likely N-dealkylation sites (tertiary alicyclic amines) is 1. The number of carbonyl (C=O) groups excluding carboxylic acids is 2. The van der Waals surface area contributed by atoms with Crippen LogP contribution in [0.2, 0.25) is 0 Å². The summed E-state index contributed by atoms with van der Waals surface area (Å²) < 4.78 is 1.64. The van der Waals surface area contributed by atoms with Gasteiger partial charge in [-0.3, -0.25) is 14.4 Å². The van der Waals surface area contributed by atoms with Crippen molar-refractivity contribution in [2.24, 2.45) is 5.92 Å². The lowest BCUT2D eigenvalue weighted by atomic mass is 9.83. The van der Waals surface area contributed by atoms with Crippen LogP contribution < -0.4 is 5.32 Å². The van der Waals surface area contributed by atoms with Crippen molar-refractivity contribution >= 4 is 29.1 Å². The summed E-state index contributed by atoms with van der Waals surface area (Å²) in [5.41, 5.74) is 5.55. The van der Waals surface area contributed by atoms with E-state index in [0.29, 0.717) is 25.0 Å². The monoisotopic (exact) mass is 622 g/mol. The Morgan fingerprint density at radius 2 is 1.86 bits per heavy atom. The molecule has 2 amide bonds. The fraction of sp³-hybridized carbons (Fsp3) is 0.562. The average molecular weight is 623 g/mol. The maximum absolute atomic E-state index is 14.3. The number of β-amino-alcohol motifs (C(OH)–C–C–N with tert-alkyl or cyclic N) is 1. The Labute approximate surface area is 261 Å². The molecular formula is C32H42N6O5S. The lowest BCUT2D eigenvalue weighted by molar-refractivity contribution is -0.143. The Bertz CT molecular complexity index is 1430. The van der Waals surface area contributed by atoms with Gasteiger partial charge in [-0.1, -0.05) is 48.7 Å². The zero-order valence-corrected chi connectivity index (χ0v) is 26.2. The molecule has 1 saturated heterocycles. The molecule has 236 valence electrons. The summed E-state index contributed by atoms with van der Waals surface area (Å²) in [6.07, 6.45) is 8.01. The number of carboxylic acid groups (broad SMARTS) is 1. The van der Waals surface area contributed by atoms with Crippen LogP contribution in [-0.2, 0) is 20.8 Å². The van der Waals surface area contributed by atoms with Crippen molar-refractivity contribution in [3.8, 4) is 10.4 Å². The van der Waals surface area contributed by atoms with Crippen molar-refractivity contribution in [2.75, 3.05) is 6.54 Å². The van der Waals surface area contributed by atoms with Gasteiger partial charge < -0.3 is 20.4 Å². The zero-order chi connectivity index (χ0) is 31.2. The number of nitrogens with one attached hydrogen (secondary N) is 1. The fourth-order valence-electron chi connectivity index (χ4n) is 6.50. The highest BCUT2D eigenvalue weighted by Gasteiger charge is 2.44. The zero-order valence-electron chi connectivity index (χ0n) is 25.4.